The zero-order chi connectivity index (χ0) is 15.3. The Balaban J connectivity index is 2.00. The molecule has 112 valence electrons. The third-order valence-electron chi connectivity index (χ3n) is 4.59. The highest BCUT2D eigenvalue weighted by Gasteiger charge is 2.35. The predicted molar refractivity (Wildman–Crippen MR) is 79.1 cm³/mol. The summed E-state index contributed by atoms with van der Waals surface area (Å²) < 4.78 is 5.11. The van der Waals surface area contributed by atoms with Crippen LogP contribution in [0, 0.1) is 16.7 Å². The van der Waals surface area contributed by atoms with Crippen molar-refractivity contribution in [3.63, 3.8) is 0 Å². The van der Waals surface area contributed by atoms with Crippen LogP contribution in [0.3, 0.4) is 0 Å². The van der Waals surface area contributed by atoms with E-state index >= 15 is 0 Å². The summed E-state index contributed by atoms with van der Waals surface area (Å²) in [5, 5.41) is 18.4. The molecule has 0 radical (unpaired) electrons. The fourth-order valence-corrected chi connectivity index (χ4v) is 3.12. The van der Waals surface area contributed by atoms with Gasteiger partial charge in [-0.15, -0.1) is 0 Å². The highest BCUT2D eigenvalue weighted by molar-refractivity contribution is 5.87. The first-order valence-electron chi connectivity index (χ1n) is 7.34. The third kappa shape index (κ3) is 3.62. The van der Waals surface area contributed by atoms with Crippen molar-refractivity contribution in [1.82, 2.24) is 0 Å². The average molecular weight is 287 g/mol. The molecule has 0 saturated heterocycles. The monoisotopic (exact) mass is 287 g/mol. The van der Waals surface area contributed by atoms with Crippen LogP contribution in [0.1, 0.15) is 53.9 Å². The Morgan fingerprint density at radius 1 is 1.38 bits per heavy atom. The molecule has 21 heavy (non-hydrogen) atoms. The van der Waals surface area contributed by atoms with Gasteiger partial charge in [0.1, 0.15) is 0 Å². The second-order valence-corrected chi connectivity index (χ2v) is 5.84. The van der Waals surface area contributed by atoms with Crippen LogP contribution in [-0.2, 0) is 4.74 Å². The van der Waals surface area contributed by atoms with E-state index in [1.807, 2.05) is 12.1 Å². The van der Waals surface area contributed by atoms with E-state index in [-0.39, 0.29) is 5.41 Å². The molecule has 1 aliphatic carbocycles. The molecule has 4 nitrogen and oxygen atoms in total. The van der Waals surface area contributed by atoms with Crippen molar-refractivity contribution in [2.24, 2.45) is 5.41 Å². The molecule has 0 aromatic heterocycles. The van der Waals surface area contributed by atoms with Crippen LogP contribution < -0.4 is 0 Å². The smallest absolute Gasteiger partial charge is 0.335 e. The van der Waals surface area contributed by atoms with Crippen LogP contribution in [0.25, 0.3) is 0 Å². The summed E-state index contributed by atoms with van der Waals surface area (Å²) in [6, 6.07) is 9.62. The molecule has 0 spiro atoms. The normalized spacial score (nSPS) is 25.2. The SMILES string of the molecule is COCCC1(C#N)CCC(c2ccc(C(=O)O)cc2)CC1. The topological polar surface area (TPSA) is 70.3 Å². The van der Waals surface area contributed by atoms with Crippen molar-refractivity contribution in [1.29, 1.82) is 5.26 Å². The average Bonchev–Trinajstić information content (AvgIpc) is 2.53. The van der Waals surface area contributed by atoms with Crippen molar-refractivity contribution >= 4 is 5.97 Å². The minimum atomic E-state index is -0.895. The molecular formula is C17H21NO3. The van der Waals surface area contributed by atoms with E-state index in [2.05, 4.69) is 6.07 Å². The van der Waals surface area contributed by atoms with E-state index < -0.39 is 5.97 Å². The van der Waals surface area contributed by atoms with Gasteiger partial charge in [-0.1, -0.05) is 12.1 Å². The van der Waals surface area contributed by atoms with Crippen molar-refractivity contribution < 1.29 is 14.6 Å². The number of hydrogen-bond acceptors (Lipinski definition) is 3. The molecule has 1 saturated carbocycles. The van der Waals surface area contributed by atoms with E-state index in [0.29, 0.717) is 18.1 Å². The Hall–Kier alpha value is -1.86. The van der Waals surface area contributed by atoms with E-state index in [1.54, 1.807) is 19.2 Å². The first-order valence-corrected chi connectivity index (χ1v) is 7.34. The Morgan fingerprint density at radius 3 is 2.48 bits per heavy atom. The second kappa shape index (κ2) is 6.73. The molecule has 1 fully saturated rings. The number of carboxylic acids is 1. The summed E-state index contributed by atoms with van der Waals surface area (Å²) in [5.41, 5.74) is 1.26. The van der Waals surface area contributed by atoms with Gasteiger partial charge in [0.05, 0.1) is 17.0 Å². The molecule has 0 atom stereocenters. The maximum atomic E-state index is 10.9. The predicted octanol–water partition coefficient (Wildman–Crippen LogP) is 3.59. The molecule has 0 amide bonds. The lowest BCUT2D eigenvalue weighted by Crippen LogP contribution is -2.26. The number of ether oxygens (including phenoxy) is 1. The Kier molecular flexibility index (Phi) is 4.98. The number of rotatable bonds is 5. The minimum absolute atomic E-state index is 0.243. The fraction of sp³-hybridized carbons (Fsp3) is 0.529. The summed E-state index contributed by atoms with van der Waals surface area (Å²) >= 11 is 0. The van der Waals surface area contributed by atoms with Crippen LogP contribution in [-0.4, -0.2) is 24.8 Å². The second-order valence-electron chi connectivity index (χ2n) is 5.84. The van der Waals surface area contributed by atoms with Crippen LogP contribution >= 0.6 is 0 Å². The number of benzene rings is 1. The summed E-state index contributed by atoms with van der Waals surface area (Å²) in [4.78, 5) is 10.9. The zero-order valence-corrected chi connectivity index (χ0v) is 12.3. The van der Waals surface area contributed by atoms with Crippen LogP contribution in [0.2, 0.25) is 0 Å². The van der Waals surface area contributed by atoms with E-state index in [4.69, 9.17) is 9.84 Å². The molecule has 1 aromatic carbocycles. The molecule has 1 aliphatic rings. The summed E-state index contributed by atoms with van der Waals surface area (Å²) in [7, 11) is 1.67. The number of carboxylic acid groups (broad SMARTS) is 1. The highest BCUT2D eigenvalue weighted by Crippen LogP contribution is 2.44. The summed E-state index contributed by atoms with van der Waals surface area (Å²) in [6.07, 6.45) is 4.52. The lowest BCUT2D eigenvalue weighted by molar-refractivity contribution is 0.0697. The molecule has 0 heterocycles. The maximum Gasteiger partial charge on any atom is 0.335 e. The van der Waals surface area contributed by atoms with E-state index in [9.17, 15) is 10.1 Å². The molecule has 0 unspecified atom stereocenters. The summed E-state index contributed by atoms with van der Waals surface area (Å²) in [6.45, 7) is 0.630. The first-order chi connectivity index (χ1) is 10.1. The van der Waals surface area contributed by atoms with Crippen molar-refractivity contribution in [2.75, 3.05) is 13.7 Å². The highest BCUT2D eigenvalue weighted by atomic mass is 16.5. The van der Waals surface area contributed by atoms with Crippen LogP contribution in [0.5, 0.6) is 0 Å². The Bertz CT molecular complexity index is 522. The number of hydrogen-bond donors (Lipinski definition) is 1. The minimum Gasteiger partial charge on any atom is -0.478 e. The first kappa shape index (κ1) is 15.5. The van der Waals surface area contributed by atoms with E-state index in [0.717, 1.165) is 32.1 Å². The Morgan fingerprint density at radius 2 is 2.00 bits per heavy atom. The largest absolute Gasteiger partial charge is 0.478 e. The van der Waals surface area contributed by atoms with Gasteiger partial charge in [0.15, 0.2) is 0 Å². The number of aromatic carboxylic acids is 1. The lowest BCUT2D eigenvalue weighted by Gasteiger charge is -2.35. The van der Waals surface area contributed by atoms with Crippen LogP contribution in [0.4, 0.5) is 0 Å². The van der Waals surface area contributed by atoms with Gasteiger partial charge in [-0.2, -0.15) is 5.26 Å². The molecular weight excluding hydrogens is 266 g/mol. The van der Waals surface area contributed by atoms with Crippen molar-refractivity contribution in [3.05, 3.63) is 35.4 Å². The number of nitriles is 1. The maximum absolute atomic E-state index is 10.9. The van der Waals surface area contributed by atoms with Gasteiger partial charge < -0.3 is 9.84 Å². The van der Waals surface area contributed by atoms with Gasteiger partial charge in [-0.25, -0.2) is 4.79 Å². The number of methoxy groups -OCH3 is 1. The van der Waals surface area contributed by atoms with Gasteiger partial charge in [0, 0.05) is 13.7 Å². The van der Waals surface area contributed by atoms with E-state index in [1.165, 1.54) is 5.56 Å². The Labute approximate surface area is 125 Å². The van der Waals surface area contributed by atoms with Gasteiger partial charge in [-0.3, -0.25) is 0 Å². The quantitative estimate of drug-likeness (QED) is 0.898. The molecule has 1 N–H and O–H groups in total. The molecule has 4 heteroatoms. The van der Waals surface area contributed by atoms with Crippen molar-refractivity contribution in [2.45, 2.75) is 38.0 Å². The van der Waals surface area contributed by atoms with Crippen molar-refractivity contribution in [3.8, 4) is 6.07 Å². The van der Waals surface area contributed by atoms with Gasteiger partial charge in [0.2, 0.25) is 0 Å². The van der Waals surface area contributed by atoms with Gasteiger partial charge in [-0.05, 0) is 55.7 Å². The fourth-order valence-electron chi connectivity index (χ4n) is 3.12. The third-order valence-corrected chi connectivity index (χ3v) is 4.59. The molecule has 0 aliphatic heterocycles. The number of carbonyl (C=O) groups is 1. The standard InChI is InChI=1S/C17H21NO3/c1-21-11-10-17(12-18)8-6-14(7-9-17)13-2-4-15(5-3-13)16(19)20/h2-5,14H,6-11H2,1H3,(H,19,20). The number of nitrogens with zero attached hydrogens (tertiary/aromatic N) is 1. The van der Waals surface area contributed by atoms with Gasteiger partial charge in [0.25, 0.3) is 0 Å². The molecule has 2 rings (SSSR count). The molecule has 0 bridgehead atoms. The summed E-state index contributed by atoms with van der Waals surface area (Å²) in [5.74, 6) is -0.467. The molecule has 1 aromatic rings. The van der Waals surface area contributed by atoms with Gasteiger partial charge >= 0.3 is 5.97 Å². The zero-order valence-electron chi connectivity index (χ0n) is 12.3. The lowest BCUT2D eigenvalue weighted by atomic mass is 9.68. The van der Waals surface area contributed by atoms with Crippen LogP contribution in [0.15, 0.2) is 24.3 Å².